The van der Waals surface area contributed by atoms with Crippen LogP contribution in [0.1, 0.15) is 17.3 Å². The summed E-state index contributed by atoms with van der Waals surface area (Å²) in [6.45, 7) is 2.57. The van der Waals surface area contributed by atoms with Crippen molar-refractivity contribution < 1.29 is 4.79 Å². The minimum atomic E-state index is -0.582. The lowest BCUT2D eigenvalue weighted by atomic mass is 10.2. The molecule has 1 heterocycles. The molecular weight excluding hydrogens is 264 g/mol. The Balaban J connectivity index is 2.55. The number of halogens is 1. The molecule has 0 fully saturated rings. The average Bonchev–Trinajstić information content (AvgIpc) is 2.40. The van der Waals surface area contributed by atoms with Crippen LogP contribution in [-0.4, -0.2) is 22.4 Å². The number of carbonyl (C=O) groups is 1. The van der Waals surface area contributed by atoms with Gasteiger partial charge in [0.2, 0.25) is 5.28 Å². The van der Waals surface area contributed by atoms with Gasteiger partial charge in [-0.25, -0.2) is 4.98 Å². The summed E-state index contributed by atoms with van der Waals surface area (Å²) in [5.41, 5.74) is 6.50. The number of aromatic nitrogens is 2. The van der Waals surface area contributed by atoms with Crippen LogP contribution in [-0.2, 0) is 0 Å². The summed E-state index contributed by atoms with van der Waals surface area (Å²) in [6, 6.07) is 9.57. The minimum Gasteiger partial charge on any atom is -0.365 e. The van der Waals surface area contributed by atoms with Crippen LogP contribution in [0.5, 0.6) is 0 Å². The first-order valence-electron chi connectivity index (χ1n) is 5.78. The zero-order valence-electron chi connectivity index (χ0n) is 10.4. The third-order valence-electron chi connectivity index (χ3n) is 2.64. The van der Waals surface area contributed by atoms with E-state index in [0.717, 1.165) is 5.69 Å². The third kappa shape index (κ3) is 2.82. The topological polar surface area (TPSA) is 72.1 Å². The van der Waals surface area contributed by atoms with Crippen LogP contribution in [0.3, 0.4) is 0 Å². The number of nitrogens with zero attached hydrogens (tertiary/aromatic N) is 3. The number of primary amides is 1. The zero-order valence-corrected chi connectivity index (χ0v) is 11.1. The van der Waals surface area contributed by atoms with Crippen LogP contribution in [0.25, 0.3) is 0 Å². The van der Waals surface area contributed by atoms with Gasteiger partial charge in [0.25, 0.3) is 5.91 Å². The highest BCUT2D eigenvalue weighted by atomic mass is 35.5. The standard InChI is InChI=1S/C13H13ClN4O/c1-2-18(9-6-4-3-5-7-9)12-10(11(15)19)8-16-13(14)17-12/h3-8H,2H2,1H3,(H2,15,19). The Morgan fingerprint density at radius 1 is 1.37 bits per heavy atom. The molecule has 19 heavy (non-hydrogen) atoms. The summed E-state index contributed by atoms with van der Waals surface area (Å²) in [6.07, 6.45) is 1.35. The molecule has 0 unspecified atom stereocenters. The van der Waals surface area contributed by atoms with E-state index in [9.17, 15) is 4.79 Å². The number of hydrogen-bond donors (Lipinski definition) is 1. The molecule has 1 aromatic heterocycles. The van der Waals surface area contributed by atoms with Crippen molar-refractivity contribution in [2.45, 2.75) is 6.92 Å². The lowest BCUT2D eigenvalue weighted by Gasteiger charge is -2.23. The van der Waals surface area contributed by atoms with Gasteiger partial charge >= 0.3 is 0 Å². The lowest BCUT2D eigenvalue weighted by Crippen LogP contribution is -2.23. The smallest absolute Gasteiger partial charge is 0.254 e. The molecule has 6 heteroatoms. The first-order chi connectivity index (χ1) is 9.13. The summed E-state index contributed by atoms with van der Waals surface area (Å²) in [7, 11) is 0. The lowest BCUT2D eigenvalue weighted by molar-refractivity contribution is 0.1000. The second kappa shape index (κ2) is 5.67. The zero-order chi connectivity index (χ0) is 13.8. The molecule has 0 aliphatic rings. The van der Waals surface area contributed by atoms with E-state index in [1.165, 1.54) is 6.20 Å². The van der Waals surface area contributed by atoms with Gasteiger partial charge in [0.05, 0.1) is 0 Å². The van der Waals surface area contributed by atoms with Gasteiger partial charge in [0.1, 0.15) is 5.56 Å². The number of hydrogen-bond acceptors (Lipinski definition) is 4. The van der Waals surface area contributed by atoms with Crippen LogP contribution in [0.2, 0.25) is 5.28 Å². The van der Waals surface area contributed by atoms with Gasteiger partial charge in [-0.05, 0) is 30.7 Å². The van der Waals surface area contributed by atoms with E-state index in [2.05, 4.69) is 9.97 Å². The monoisotopic (exact) mass is 276 g/mol. The van der Waals surface area contributed by atoms with Crippen molar-refractivity contribution >= 4 is 29.0 Å². The summed E-state index contributed by atoms with van der Waals surface area (Å²) in [4.78, 5) is 21.2. The highest BCUT2D eigenvalue weighted by molar-refractivity contribution is 6.28. The van der Waals surface area contributed by atoms with E-state index < -0.39 is 5.91 Å². The third-order valence-corrected chi connectivity index (χ3v) is 2.83. The molecule has 0 radical (unpaired) electrons. The SMILES string of the molecule is CCN(c1ccccc1)c1nc(Cl)ncc1C(N)=O. The second-order valence-corrected chi connectivity index (χ2v) is 4.16. The van der Waals surface area contributed by atoms with E-state index in [0.29, 0.717) is 12.4 Å². The van der Waals surface area contributed by atoms with Gasteiger partial charge in [-0.1, -0.05) is 18.2 Å². The Kier molecular flexibility index (Phi) is 3.97. The van der Waals surface area contributed by atoms with Gasteiger partial charge in [0.15, 0.2) is 5.82 Å². The van der Waals surface area contributed by atoms with Crippen molar-refractivity contribution in [2.75, 3.05) is 11.4 Å². The van der Waals surface area contributed by atoms with E-state index >= 15 is 0 Å². The molecule has 5 nitrogen and oxygen atoms in total. The Morgan fingerprint density at radius 2 is 2.05 bits per heavy atom. The molecular formula is C13H13ClN4O. The van der Waals surface area contributed by atoms with E-state index in [-0.39, 0.29) is 10.8 Å². The quantitative estimate of drug-likeness (QED) is 0.870. The summed E-state index contributed by atoms with van der Waals surface area (Å²) >= 11 is 5.81. The van der Waals surface area contributed by atoms with Crippen LogP contribution in [0.15, 0.2) is 36.5 Å². The minimum absolute atomic E-state index is 0.0781. The first kappa shape index (κ1) is 13.3. The number of benzene rings is 1. The first-order valence-corrected chi connectivity index (χ1v) is 6.16. The molecule has 0 atom stereocenters. The van der Waals surface area contributed by atoms with Gasteiger partial charge in [0, 0.05) is 18.4 Å². The van der Waals surface area contributed by atoms with Gasteiger partial charge in [-0.3, -0.25) is 4.79 Å². The Morgan fingerprint density at radius 3 is 2.63 bits per heavy atom. The van der Waals surface area contributed by atoms with Crippen molar-refractivity contribution in [3.63, 3.8) is 0 Å². The molecule has 0 saturated carbocycles. The molecule has 0 saturated heterocycles. The normalized spacial score (nSPS) is 10.2. The Bertz CT molecular complexity index is 588. The van der Waals surface area contributed by atoms with E-state index in [4.69, 9.17) is 17.3 Å². The highest BCUT2D eigenvalue weighted by Gasteiger charge is 2.18. The molecule has 0 spiro atoms. The van der Waals surface area contributed by atoms with Gasteiger partial charge < -0.3 is 10.6 Å². The maximum Gasteiger partial charge on any atom is 0.254 e. The number of anilines is 2. The predicted molar refractivity (Wildman–Crippen MR) is 74.7 cm³/mol. The fourth-order valence-electron chi connectivity index (χ4n) is 1.79. The Labute approximate surface area is 116 Å². The van der Waals surface area contributed by atoms with Crippen molar-refractivity contribution in [2.24, 2.45) is 5.73 Å². The molecule has 0 aliphatic carbocycles. The van der Waals surface area contributed by atoms with Crippen molar-refractivity contribution in [1.29, 1.82) is 0 Å². The van der Waals surface area contributed by atoms with Crippen LogP contribution in [0, 0.1) is 0 Å². The number of amides is 1. The molecule has 2 N–H and O–H groups in total. The summed E-state index contributed by atoms with van der Waals surface area (Å²) < 4.78 is 0. The van der Waals surface area contributed by atoms with Crippen molar-refractivity contribution in [1.82, 2.24) is 9.97 Å². The van der Waals surface area contributed by atoms with Crippen molar-refractivity contribution in [3.05, 3.63) is 47.4 Å². The molecule has 98 valence electrons. The second-order valence-electron chi connectivity index (χ2n) is 3.82. The van der Waals surface area contributed by atoms with Crippen LogP contribution in [0.4, 0.5) is 11.5 Å². The molecule has 0 aliphatic heterocycles. The number of carbonyl (C=O) groups excluding carboxylic acids is 1. The van der Waals surface area contributed by atoms with E-state index in [1.54, 1.807) is 0 Å². The van der Waals surface area contributed by atoms with Crippen molar-refractivity contribution in [3.8, 4) is 0 Å². The van der Waals surface area contributed by atoms with Crippen LogP contribution >= 0.6 is 11.6 Å². The number of nitrogens with two attached hydrogens (primary N) is 1. The molecule has 2 aromatic rings. The van der Waals surface area contributed by atoms with Gasteiger partial charge in [-0.15, -0.1) is 0 Å². The summed E-state index contributed by atoms with van der Waals surface area (Å²) in [5.74, 6) is -0.165. The molecule has 0 bridgehead atoms. The van der Waals surface area contributed by atoms with Gasteiger partial charge in [-0.2, -0.15) is 4.98 Å². The average molecular weight is 277 g/mol. The summed E-state index contributed by atoms with van der Waals surface area (Å²) in [5, 5.41) is 0.0781. The fourth-order valence-corrected chi connectivity index (χ4v) is 1.92. The molecule has 1 aromatic carbocycles. The molecule has 2 rings (SSSR count). The predicted octanol–water partition coefficient (Wildman–Crippen LogP) is 2.39. The van der Waals surface area contributed by atoms with E-state index in [1.807, 2.05) is 42.2 Å². The number of para-hydroxylation sites is 1. The maximum absolute atomic E-state index is 11.5. The largest absolute Gasteiger partial charge is 0.365 e. The molecule has 1 amide bonds. The van der Waals surface area contributed by atoms with Crippen LogP contribution < -0.4 is 10.6 Å². The highest BCUT2D eigenvalue weighted by Crippen LogP contribution is 2.26. The fraction of sp³-hybridized carbons (Fsp3) is 0.154. The maximum atomic E-state index is 11.5. The number of rotatable bonds is 4. The Hall–Kier alpha value is -2.14.